The van der Waals surface area contributed by atoms with Gasteiger partial charge in [0.25, 0.3) is 11.6 Å². The summed E-state index contributed by atoms with van der Waals surface area (Å²) < 4.78 is 5.01. The van der Waals surface area contributed by atoms with Crippen molar-refractivity contribution in [1.29, 1.82) is 5.26 Å². The number of ether oxygens (including phenoxy) is 1. The van der Waals surface area contributed by atoms with E-state index >= 15 is 0 Å². The Morgan fingerprint density at radius 3 is 2.36 bits per heavy atom. The van der Waals surface area contributed by atoms with Crippen LogP contribution in [-0.2, 0) is 14.3 Å². The Hall–Kier alpha value is -5.41. The quantitative estimate of drug-likeness (QED) is 0.146. The van der Waals surface area contributed by atoms with Crippen LogP contribution in [0.2, 0.25) is 0 Å². The number of esters is 1. The number of rotatable bonds is 10. The summed E-state index contributed by atoms with van der Waals surface area (Å²) in [4.78, 5) is 49.0. The molecule has 2 amide bonds. The highest BCUT2D eigenvalue weighted by molar-refractivity contribution is 8.03. The minimum absolute atomic E-state index is 0.0624. The molecule has 0 bridgehead atoms. The summed E-state index contributed by atoms with van der Waals surface area (Å²) in [6.45, 7) is 5.35. The van der Waals surface area contributed by atoms with Gasteiger partial charge < -0.3 is 20.7 Å². The van der Waals surface area contributed by atoms with Gasteiger partial charge in [0, 0.05) is 34.8 Å². The first-order valence-corrected chi connectivity index (χ1v) is 14.5. The molecule has 0 unspecified atom stereocenters. The van der Waals surface area contributed by atoms with E-state index in [4.69, 9.17) is 4.74 Å². The van der Waals surface area contributed by atoms with Crippen molar-refractivity contribution < 1.29 is 24.0 Å². The van der Waals surface area contributed by atoms with Gasteiger partial charge in [0.1, 0.15) is 0 Å². The van der Waals surface area contributed by atoms with Gasteiger partial charge in [-0.3, -0.25) is 19.7 Å². The molecule has 1 heterocycles. The Balaban J connectivity index is 1.56. The van der Waals surface area contributed by atoms with Crippen molar-refractivity contribution in [3.8, 4) is 6.07 Å². The molecule has 1 atom stereocenters. The third-order valence-corrected chi connectivity index (χ3v) is 7.74. The maximum atomic E-state index is 13.7. The highest BCUT2D eigenvalue weighted by atomic mass is 32.2. The number of hydrogen-bond donors (Lipinski definition) is 3. The number of dihydropyridines is 1. The first-order chi connectivity index (χ1) is 21.1. The molecule has 3 aromatic carbocycles. The number of carbonyl (C=O) groups excluding carboxylic acids is 3. The standard InChI is InChI=1S/C32H29N5O6S/c1-4-43-32(40)22-10-12-23(13-11-22)35-30(39)28-20(3)34-31(25(17-33)29(28)21-8-6-5-7-9-21)44-18-27(38)36-26-15-14-24(37(41)42)16-19(26)2/h5-16,29,34H,4,18H2,1-3H3,(H,35,39)(H,36,38)/t29-/m1/s1. The topological polar surface area (TPSA) is 163 Å². The highest BCUT2D eigenvalue weighted by Gasteiger charge is 2.35. The number of anilines is 2. The molecule has 11 nitrogen and oxygen atoms in total. The first-order valence-electron chi connectivity index (χ1n) is 13.6. The Labute approximate surface area is 258 Å². The van der Waals surface area contributed by atoms with Gasteiger partial charge in [-0.2, -0.15) is 5.26 Å². The molecule has 0 saturated heterocycles. The molecular formula is C32H29N5O6S. The lowest BCUT2D eigenvalue weighted by Gasteiger charge is -2.30. The number of nitrogens with one attached hydrogen (secondary N) is 3. The monoisotopic (exact) mass is 611 g/mol. The molecule has 0 fully saturated rings. The number of hydrogen-bond acceptors (Lipinski definition) is 9. The lowest BCUT2D eigenvalue weighted by atomic mass is 9.82. The average molecular weight is 612 g/mol. The second kappa shape index (κ2) is 14.2. The third kappa shape index (κ3) is 7.32. The van der Waals surface area contributed by atoms with Crippen LogP contribution in [0.1, 0.15) is 41.3 Å². The van der Waals surface area contributed by atoms with Crippen LogP contribution in [0, 0.1) is 28.4 Å². The van der Waals surface area contributed by atoms with E-state index in [2.05, 4.69) is 22.0 Å². The van der Waals surface area contributed by atoms with Crippen LogP contribution in [0.5, 0.6) is 0 Å². The van der Waals surface area contributed by atoms with E-state index in [1.807, 2.05) is 30.3 Å². The number of allylic oxidation sites excluding steroid dienone is 2. The lowest BCUT2D eigenvalue weighted by Crippen LogP contribution is -2.31. The molecule has 4 rings (SSSR count). The van der Waals surface area contributed by atoms with E-state index in [0.29, 0.717) is 38.8 Å². The number of non-ortho nitro benzene ring substituents is 1. The minimum atomic E-state index is -0.719. The summed E-state index contributed by atoms with van der Waals surface area (Å²) in [6, 6.07) is 21.8. The van der Waals surface area contributed by atoms with Crippen molar-refractivity contribution in [1.82, 2.24) is 5.32 Å². The summed E-state index contributed by atoms with van der Waals surface area (Å²) in [6.07, 6.45) is 0. The number of amides is 2. The summed E-state index contributed by atoms with van der Waals surface area (Å²) >= 11 is 1.12. The number of nitro benzene ring substituents is 1. The van der Waals surface area contributed by atoms with Crippen molar-refractivity contribution in [2.75, 3.05) is 23.0 Å². The maximum absolute atomic E-state index is 13.7. The number of thioether (sulfide) groups is 1. The van der Waals surface area contributed by atoms with Gasteiger partial charge in [-0.15, -0.1) is 0 Å². The number of aryl methyl sites for hydroxylation is 1. The van der Waals surface area contributed by atoms with E-state index in [0.717, 1.165) is 17.3 Å². The highest BCUT2D eigenvalue weighted by Crippen LogP contribution is 2.41. The van der Waals surface area contributed by atoms with E-state index in [1.165, 1.54) is 18.2 Å². The number of nitro groups is 1. The van der Waals surface area contributed by atoms with Gasteiger partial charge in [0.05, 0.1) is 45.4 Å². The van der Waals surface area contributed by atoms with Crippen LogP contribution in [0.25, 0.3) is 0 Å². The number of benzene rings is 3. The Morgan fingerprint density at radius 1 is 1.05 bits per heavy atom. The van der Waals surface area contributed by atoms with Crippen LogP contribution in [0.4, 0.5) is 17.1 Å². The molecule has 0 aromatic heterocycles. The van der Waals surface area contributed by atoms with Crippen LogP contribution in [0.15, 0.2) is 94.7 Å². The van der Waals surface area contributed by atoms with Gasteiger partial charge in [0.2, 0.25) is 5.91 Å². The van der Waals surface area contributed by atoms with Crippen molar-refractivity contribution in [2.24, 2.45) is 0 Å². The predicted molar refractivity (Wildman–Crippen MR) is 168 cm³/mol. The van der Waals surface area contributed by atoms with Gasteiger partial charge in [0.15, 0.2) is 0 Å². The minimum Gasteiger partial charge on any atom is -0.462 e. The molecular weight excluding hydrogens is 582 g/mol. The third-order valence-electron chi connectivity index (χ3n) is 6.72. The number of nitriles is 1. The molecule has 12 heteroatoms. The van der Waals surface area contributed by atoms with E-state index < -0.39 is 22.7 Å². The summed E-state index contributed by atoms with van der Waals surface area (Å²) in [5.74, 6) is -2.05. The van der Waals surface area contributed by atoms with Crippen LogP contribution in [-0.4, -0.2) is 35.1 Å². The zero-order chi connectivity index (χ0) is 31.8. The molecule has 1 aliphatic heterocycles. The van der Waals surface area contributed by atoms with Crippen LogP contribution >= 0.6 is 11.8 Å². The molecule has 224 valence electrons. The van der Waals surface area contributed by atoms with E-state index in [-0.39, 0.29) is 29.5 Å². The summed E-state index contributed by atoms with van der Waals surface area (Å²) in [5, 5.41) is 30.5. The van der Waals surface area contributed by atoms with Crippen molar-refractivity contribution in [3.63, 3.8) is 0 Å². The van der Waals surface area contributed by atoms with Gasteiger partial charge >= 0.3 is 5.97 Å². The number of carbonyl (C=O) groups is 3. The largest absolute Gasteiger partial charge is 0.462 e. The fraction of sp³-hybridized carbons (Fsp3) is 0.188. The van der Waals surface area contributed by atoms with Crippen LogP contribution in [0.3, 0.4) is 0 Å². The fourth-order valence-electron chi connectivity index (χ4n) is 4.63. The Bertz CT molecular complexity index is 1710. The molecule has 0 spiro atoms. The van der Waals surface area contributed by atoms with Gasteiger partial charge in [-0.05, 0) is 62.2 Å². The zero-order valence-electron chi connectivity index (χ0n) is 24.2. The molecule has 3 aromatic rings. The predicted octanol–water partition coefficient (Wildman–Crippen LogP) is 5.79. The van der Waals surface area contributed by atoms with E-state index in [1.54, 1.807) is 45.0 Å². The fourth-order valence-corrected chi connectivity index (χ4v) is 5.53. The summed E-state index contributed by atoms with van der Waals surface area (Å²) in [5.41, 5.74) is 3.55. The van der Waals surface area contributed by atoms with Crippen LogP contribution < -0.4 is 16.0 Å². The van der Waals surface area contributed by atoms with E-state index in [9.17, 15) is 29.8 Å². The SMILES string of the molecule is CCOC(=O)c1ccc(NC(=O)C2=C(C)NC(SCC(=O)Nc3ccc([N+](=O)[O-])cc3C)=C(C#N)[C@H]2c2ccccc2)cc1. The Morgan fingerprint density at radius 2 is 1.75 bits per heavy atom. The molecule has 0 radical (unpaired) electrons. The van der Waals surface area contributed by atoms with Crippen molar-refractivity contribution in [3.05, 3.63) is 121 Å². The molecule has 3 N–H and O–H groups in total. The van der Waals surface area contributed by atoms with Crippen molar-refractivity contribution in [2.45, 2.75) is 26.7 Å². The Kier molecular flexibility index (Phi) is 10.2. The zero-order valence-corrected chi connectivity index (χ0v) is 25.0. The normalized spacial score (nSPS) is 14.3. The molecule has 1 aliphatic rings. The van der Waals surface area contributed by atoms with Crippen molar-refractivity contribution >= 4 is 46.6 Å². The lowest BCUT2D eigenvalue weighted by molar-refractivity contribution is -0.384. The first kappa shape index (κ1) is 31.5. The van der Waals surface area contributed by atoms with Gasteiger partial charge in [-0.1, -0.05) is 42.1 Å². The summed E-state index contributed by atoms with van der Waals surface area (Å²) in [7, 11) is 0. The van der Waals surface area contributed by atoms with Gasteiger partial charge in [-0.25, -0.2) is 4.79 Å². The second-order valence-corrected chi connectivity index (χ2v) is 10.7. The molecule has 0 saturated carbocycles. The smallest absolute Gasteiger partial charge is 0.338 e. The number of nitrogens with zero attached hydrogens (tertiary/aromatic N) is 2. The average Bonchev–Trinajstić information content (AvgIpc) is 3.01. The second-order valence-electron chi connectivity index (χ2n) is 9.71. The molecule has 44 heavy (non-hydrogen) atoms. The maximum Gasteiger partial charge on any atom is 0.338 e. The molecule has 0 aliphatic carbocycles.